The Bertz CT molecular complexity index is 881. The molecule has 4 rings (SSSR count). The van der Waals surface area contributed by atoms with Crippen LogP contribution in [0.25, 0.3) is 10.9 Å². The minimum absolute atomic E-state index is 0.107. The maximum atomic E-state index is 14.0. The quantitative estimate of drug-likeness (QED) is 0.819. The molecule has 2 aromatic rings. The smallest absolute Gasteiger partial charge is 0.268 e. The van der Waals surface area contributed by atoms with E-state index < -0.39 is 0 Å². The molecule has 0 bridgehead atoms. The molecular formula is C21H27FN4O3. The molecule has 2 N–H and O–H groups in total. The number of carbonyl (C=O) groups excluding carboxylic acids is 2. The zero-order valence-corrected chi connectivity index (χ0v) is 16.8. The molecule has 2 fully saturated rings. The SMILES string of the molecule is CC(=O)N1CCN([C@H]2COC[C@H](NC(=O)c3cc4c(F)ccc(C)c4[nH]3)C2)CC1. The van der Waals surface area contributed by atoms with E-state index in [9.17, 15) is 14.0 Å². The van der Waals surface area contributed by atoms with Gasteiger partial charge in [-0.1, -0.05) is 6.07 Å². The highest BCUT2D eigenvalue weighted by Crippen LogP contribution is 2.23. The van der Waals surface area contributed by atoms with E-state index in [2.05, 4.69) is 15.2 Å². The van der Waals surface area contributed by atoms with Crippen LogP contribution in [0.5, 0.6) is 0 Å². The van der Waals surface area contributed by atoms with Crippen molar-refractivity contribution in [2.75, 3.05) is 39.4 Å². The zero-order valence-electron chi connectivity index (χ0n) is 16.8. The number of rotatable bonds is 3. The highest BCUT2D eigenvalue weighted by molar-refractivity contribution is 5.99. The van der Waals surface area contributed by atoms with Crippen molar-refractivity contribution in [3.05, 3.63) is 35.3 Å². The standard InChI is InChI=1S/C21H27FN4O3/c1-13-3-4-18(22)17-10-19(24-20(13)17)21(28)23-15-9-16(12-29-11-15)26-7-5-25(6-8-26)14(2)27/h3-4,10,15-16,24H,5-9,11-12H2,1-2H3,(H,23,28)/t15-,16-/m1/s1. The van der Waals surface area contributed by atoms with E-state index in [1.807, 2.05) is 11.8 Å². The molecule has 3 heterocycles. The van der Waals surface area contributed by atoms with Gasteiger partial charge in [0.1, 0.15) is 11.5 Å². The fraction of sp³-hybridized carbons (Fsp3) is 0.524. The average molecular weight is 402 g/mol. The first-order valence-corrected chi connectivity index (χ1v) is 10.1. The first kappa shape index (κ1) is 19.8. The minimum Gasteiger partial charge on any atom is -0.378 e. The fourth-order valence-electron chi connectivity index (χ4n) is 4.28. The lowest BCUT2D eigenvalue weighted by atomic mass is 10.0. The number of amides is 2. The van der Waals surface area contributed by atoms with Gasteiger partial charge in [-0.3, -0.25) is 14.5 Å². The van der Waals surface area contributed by atoms with Gasteiger partial charge in [0.2, 0.25) is 5.91 Å². The highest BCUT2D eigenvalue weighted by atomic mass is 19.1. The molecule has 2 aliphatic rings. The lowest BCUT2D eigenvalue weighted by Crippen LogP contribution is -2.56. The van der Waals surface area contributed by atoms with Crippen LogP contribution in [-0.4, -0.2) is 78.1 Å². The number of aromatic nitrogens is 1. The summed E-state index contributed by atoms with van der Waals surface area (Å²) in [5, 5.41) is 3.45. The predicted molar refractivity (Wildman–Crippen MR) is 107 cm³/mol. The van der Waals surface area contributed by atoms with Crippen LogP contribution in [0, 0.1) is 12.7 Å². The van der Waals surface area contributed by atoms with E-state index >= 15 is 0 Å². The van der Waals surface area contributed by atoms with Gasteiger partial charge in [-0.05, 0) is 31.0 Å². The van der Waals surface area contributed by atoms with Crippen LogP contribution >= 0.6 is 0 Å². The van der Waals surface area contributed by atoms with Crippen molar-refractivity contribution in [1.29, 1.82) is 0 Å². The van der Waals surface area contributed by atoms with E-state index in [1.165, 1.54) is 6.07 Å². The van der Waals surface area contributed by atoms with Gasteiger partial charge in [0, 0.05) is 44.5 Å². The van der Waals surface area contributed by atoms with Crippen LogP contribution in [0.1, 0.15) is 29.4 Å². The van der Waals surface area contributed by atoms with E-state index in [-0.39, 0.29) is 29.7 Å². The Morgan fingerprint density at radius 1 is 1.21 bits per heavy atom. The normalized spacial score (nSPS) is 23.3. The molecule has 7 nitrogen and oxygen atoms in total. The molecule has 0 aliphatic carbocycles. The summed E-state index contributed by atoms with van der Waals surface area (Å²) in [5.41, 5.74) is 1.90. The van der Waals surface area contributed by atoms with Crippen LogP contribution in [0.4, 0.5) is 4.39 Å². The third-order valence-corrected chi connectivity index (χ3v) is 5.99. The lowest BCUT2D eigenvalue weighted by Gasteiger charge is -2.42. The topological polar surface area (TPSA) is 77.7 Å². The van der Waals surface area contributed by atoms with Crippen molar-refractivity contribution < 1.29 is 18.7 Å². The number of ether oxygens (including phenoxy) is 1. The largest absolute Gasteiger partial charge is 0.378 e. The van der Waals surface area contributed by atoms with E-state index in [1.54, 1.807) is 19.1 Å². The molecule has 2 saturated heterocycles. The Kier molecular flexibility index (Phi) is 5.56. The van der Waals surface area contributed by atoms with Gasteiger partial charge < -0.3 is 19.9 Å². The highest BCUT2D eigenvalue weighted by Gasteiger charge is 2.31. The molecule has 0 radical (unpaired) electrons. The minimum atomic E-state index is -0.341. The molecule has 156 valence electrons. The second-order valence-electron chi connectivity index (χ2n) is 7.98. The average Bonchev–Trinajstić information content (AvgIpc) is 3.18. The number of carbonyl (C=O) groups is 2. The fourth-order valence-corrected chi connectivity index (χ4v) is 4.28. The number of nitrogens with zero attached hydrogens (tertiary/aromatic N) is 2. The third-order valence-electron chi connectivity index (χ3n) is 5.99. The van der Waals surface area contributed by atoms with E-state index in [0.717, 1.165) is 38.2 Å². The number of hydrogen-bond acceptors (Lipinski definition) is 4. The molecule has 2 atom stereocenters. The maximum Gasteiger partial charge on any atom is 0.268 e. The monoisotopic (exact) mass is 402 g/mol. The molecule has 8 heteroatoms. The molecule has 1 aromatic heterocycles. The van der Waals surface area contributed by atoms with Crippen LogP contribution in [0.15, 0.2) is 18.2 Å². The number of fused-ring (bicyclic) bond motifs is 1. The number of halogens is 1. The first-order chi connectivity index (χ1) is 13.9. The molecule has 29 heavy (non-hydrogen) atoms. The number of nitrogens with one attached hydrogen (secondary N) is 2. The van der Waals surface area contributed by atoms with Gasteiger partial charge in [-0.2, -0.15) is 0 Å². The number of H-pyrrole nitrogens is 1. The van der Waals surface area contributed by atoms with Crippen molar-refractivity contribution in [2.45, 2.75) is 32.4 Å². The molecule has 0 spiro atoms. The van der Waals surface area contributed by atoms with Crippen molar-refractivity contribution in [3.63, 3.8) is 0 Å². The van der Waals surface area contributed by atoms with Gasteiger partial charge >= 0.3 is 0 Å². The van der Waals surface area contributed by atoms with Crippen molar-refractivity contribution >= 4 is 22.7 Å². The van der Waals surface area contributed by atoms with E-state index in [0.29, 0.717) is 29.8 Å². The molecule has 0 saturated carbocycles. The summed E-state index contributed by atoms with van der Waals surface area (Å²) in [6, 6.07) is 4.78. The predicted octanol–water partition coefficient (Wildman–Crippen LogP) is 1.67. The molecular weight excluding hydrogens is 375 g/mol. The maximum absolute atomic E-state index is 14.0. The summed E-state index contributed by atoms with van der Waals surface area (Å²) < 4.78 is 19.8. The van der Waals surface area contributed by atoms with Crippen molar-refractivity contribution in [2.24, 2.45) is 0 Å². The number of benzene rings is 1. The van der Waals surface area contributed by atoms with Gasteiger partial charge in [0.15, 0.2) is 0 Å². The van der Waals surface area contributed by atoms with Gasteiger partial charge in [0.05, 0.1) is 24.8 Å². The van der Waals surface area contributed by atoms with Crippen molar-refractivity contribution in [1.82, 2.24) is 20.1 Å². The summed E-state index contributed by atoms with van der Waals surface area (Å²) in [5.74, 6) is -0.484. The van der Waals surface area contributed by atoms with Crippen LogP contribution < -0.4 is 5.32 Å². The molecule has 0 unspecified atom stereocenters. The van der Waals surface area contributed by atoms with Crippen LogP contribution in [0.2, 0.25) is 0 Å². The summed E-state index contributed by atoms with van der Waals surface area (Å²) in [6.07, 6.45) is 0.791. The lowest BCUT2D eigenvalue weighted by molar-refractivity contribution is -0.131. The zero-order chi connectivity index (χ0) is 20.5. The number of hydrogen-bond donors (Lipinski definition) is 2. The Balaban J connectivity index is 1.38. The number of aryl methyl sites for hydroxylation is 1. The van der Waals surface area contributed by atoms with Crippen LogP contribution in [0.3, 0.4) is 0 Å². The molecule has 2 aliphatic heterocycles. The Morgan fingerprint density at radius 3 is 2.66 bits per heavy atom. The Hall–Kier alpha value is -2.45. The third kappa shape index (κ3) is 4.13. The summed E-state index contributed by atoms with van der Waals surface area (Å²) in [4.78, 5) is 31.5. The second-order valence-corrected chi connectivity index (χ2v) is 7.98. The molecule has 2 amide bonds. The van der Waals surface area contributed by atoms with E-state index in [4.69, 9.17) is 4.74 Å². The Labute approximate surface area is 169 Å². The molecule has 1 aromatic carbocycles. The van der Waals surface area contributed by atoms with Crippen molar-refractivity contribution in [3.8, 4) is 0 Å². The van der Waals surface area contributed by atoms with Gasteiger partial charge in [0.25, 0.3) is 5.91 Å². The van der Waals surface area contributed by atoms with Gasteiger partial charge in [-0.15, -0.1) is 0 Å². The Morgan fingerprint density at radius 2 is 1.97 bits per heavy atom. The number of aromatic amines is 1. The van der Waals surface area contributed by atoms with Gasteiger partial charge in [-0.25, -0.2) is 4.39 Å². The number of piperazine rings is 1. The first-order valence-electron chi connectivity index (χ1n) is 10.1. The second kappa shape index (κ2) is 8.12. The summed E-state index contributed by atoms with van der Waals surface area (Å²) >= 11 is 0. The van der Waals surface area contributed by atoms with Crippen LogP contribution in [-0.2, 0) is 9.53 Å². The summed E-state index contributed by atoms with van der Waals surface area (Å²) in [7, 11) is 0. The summed E-state index contributed by atoms with van der Waals surface area (Å²) in [6.45, 7) is 7.65.